The number of ether oxygens (including phenoxy) is 1. The van der Waals surface area contributed by atoms with E-state index in [1.807, 2.05) is 38.4 Å². The number of hydrogen-bond acceptors (Lipinski definition) is 6. The highest BCUT2D eigenvalue weighted by Crippen LogP contribution is 2.32. The fourth-order valence-electron chi connectivity index (χ4n) is 3.18. The molecule has 3 rings (SSSR count). The van der Waals surface area contributed by atoms with Crippen molar-refractivity contribution in [3.63, 3.8) is 0 Å². The topological polar surface area (TPSA) is 80.5 Å². The fraction of sp³-hybridized carbons (Fsp3) is 0.250. The average Bonchev–Trinajstić information content (AvgIpc) is 2.68. The normalized spacial score (nSPS) is 12.1. The lowest BCUT2D eigenvalue weighted by Gasteiger charge is -2.27. The van der Waals surface area contributed by atoms with Gasteiger partial charge in [-0.1, -0.05) is 18.2 Å². The standard InChI is InChI=1S/C20H22N4O3/c1-23(2)18(14-7-4-5-9-19(14)27-3)13-22-16-10-11-17(24(25)26)15-8-6-12-21-20(15)16/h4-12,18,22H,13H2,1-3H3. The quantitative estimate of drug-likeness (QED) is 0.505. The largest absolute Gasteiger partial charge is 0.496 e. The van der Waals surface area contributed by atoms with Crippen LogP contribution in [0.4, 0.5) is 11.4 Å². The lowest BCUT2D eigenvalue weighted by Crippen LogP contribution is -2.27. The summed E-state index contributed by atoms with van der Waals surface area (Å²) in [4.78, 5) is 17.3. The van der Waals surface area contributed by atoms with Gasteiger partial charge in [0.25, 0.3) is 5.69 Å². The predicted molar refractivity (Wildman–Crippen MR) is 106 cm³/mol. The van der Waals surface area contributed by atoms with Crippen LogP contribution in [0.5, 0.6) is 5.75 Å². The highest BCUT2D eigenvalue weighted by molar-refractivity contribution is 5.96. The first-order chi connectivity index (χ1) is 13.0. The summed E-state index contributed by atoms with van der Waals surface area (Å²) < 4.78 is 5.50. The maximum Gasteiger partial charge on any atom is 0.278 e. The lowest BCUT2D eigenvalue weighted by molar-refractivity contribution is -0.383. The predicted octanol–water partition coefficient (Wildman–Crippen LogP) is 3.87. The number of nitro benzene ring substituents is 1. The van der Waals surface area contributed by atoms with Crippen molar-refractivity contribution in [1.82, 2.24) is 9.88 Å². The number of anilines is 1. The molecule has 1 heterocycles. The van der Waals surface area contributed by atoms with E-state index >= 15 is 0 Å². The molecule has 0 radical (unpaired) electrons. The van der Waals surface area contributed by atoms with E-state index in [0.717, 1.165) is 17.0 Å². The highest BCUT2D eigenvalue weighted by Gasteiger charge is 2.20. The van der Waals surface area contributed by atoms with Crippen LogP contribution >= 0.6 is 0 Å². The van der Waals surface area contributed by atoms with Crippen molar-refractivity contribution >= 4 is 22.3 Å². The molecule has 0 aliphatic rings. The van der Waals surface area contributed by atoms with Crippen LogP contribution in [-0.2, 0) is 0 Å². The molecule has 7 heteroatoms. The van der Waals surface area contributed by atoms with Crippen molar-refractivity contribution in [2.75, 3.05) is 33.1 Å². The SMILES string of the molecule is COc1ccccc1C(CNc1ccc([N+](=O)[O-])c2cccnc12)N(C)C. The monoisotopic (exact) mass is 366 g/mol. The minimum absolute atomic E-state index is 0.0510. The molecule has 0 saturated heterocycles. The molecule has 140 valence electrons. The van der Waals surface area contributed by atoms with Crippen molar-refractivity contribution in [2.45, 2.75) is 6.04 Å². The molecule has 0 aliphatic heterocycles. The Bertz CT molecular complexity index is 959. The van der Waals surface area contributed by atoms with Crippen molar-refractivity contribution in [1.29, 1.82) is 0 Å². The summed E-state index contributed by atoms with van der Waals surface area (Å²) in [7, 11) is 5.67. The van der Waals surface area contributed by atoms with Crippen LogP contribution in [0.25, 0.3) is 10.9 Å². The van der Waals surface area contributed by atoms with E-state index in [1.165, 1.54) is 6.07 Å². The molecule has 1 aromatic heterocycles. The van der Waals surface area contributed by atoms with Crippen LogP contribution in [0.2, 0.25) is 0 Å². The summed E-state index contributed by atoms with van der Waals surface area (Å²) >= 11 is 0. The number of non-ortho nitro benzene ring substituents is 1. The van der Waals surface area contributed by atoms with Crippen LogP contribution < -0.4 is 10.1 Å². The Balaban J connectivity index is 1.93. The van der Waals surface area contributed by atoms with Gasteiger partial charge in [-0.3, -0.25) is 15.1 Å². The van der Waals surface area contributed by atoms with Crippen molar-refractivity contribution < 1.29 is 9.66 Å². The number of hydrogen-bond donors (Lipinski definition) is 1. The van der Waals surface area contributed by atoms with Gasteiger partial charge >= 0.3 is 0 Å². The molecule has 0 aliphatic carbocycles. The minimum Gasteiger partial charge on any atom is -0.496 e. The number of para-hydroxylation sites is 1. The Labute approximate surface area is 157 Å². The van der Waals surface area contributed by atoms with Gasteiger partial charge in [-0.15, -0.1) is 0 Å². The third kappa shape index (κ3) is 3.83. The number of rotatable bonds is 7. The van der Waals surface area contributed by atoms with E-state index in [-0.39, 0.29) is 16.7 Å². The van der Waals surface area contributed by atoms with Gasteiger partial charge in [0.05, 0.1) is 29.1 Å². The second kappa shape index (κ2) is 8.01. The van der Waals surface area contributed by atoms with Crippen LogP contribution in [0.15, 0.2) is 54.7 Å². The zero-order valence-corrected chi connectivity index (χ0v) is 15.5. The Morgan fingerprint density at radius 3 is 2.67 bits per heavy atom. The molecule has 27 heavy (non-hydrogen) atoms. The fourth-order valence-corrected chi connectivity index (χ4v) is 3.18. The molecule has 0 bridgehead atoms. The van der Waals surface area contributed by atoms with Crippen molar-refractivity contribution in [3.05, 3.63) is 70.4 Å². The second-order valence-corrected chi connectivity index (χ2v) is 6.39. The van der Waals surface area contributed by atoms with Gasteiger partial charge in [0.2, 0.25) is 0 Å². The first kappa shape index (κ1) is 18.6. The number of fused-ring (bicyclic) bond motifs is 1. The van der Waals surface area contributed by atoms with Gasteiger partial charge in [0.1, 0.15) is 11.3 Å². The number of nitro groups is 1. The number of pyridine rings is 1. The zero-order valence-electron chi connectivity index (χ0n) is 15.5. The van der Waals surface area contributed by atoms with E-state index in [1.54, 1.807) is 31.5 Å². The molecular formula is C20H22N4O3. The van der Waals surface area contributed by atoms with Gasteiger partial charge in [0.15, 0.2) is 0 Å². The van der Waals surface area contributed by atoms with E-state index in [4.69, 9.17) is 4.74 Å². The molecule has 1 N–H and O–H groups in total. The molecule has 1 unspecified atom stereocenters. The summed E-state index contributed by atoms with van der Waals surface area (Å²) in [6.45, 7) is 0.594. The van der Waals surface area contributed by atoms with Gasteiger partial charge in [-0.2, -0.15) is 0 Å². The number of likely N-dealkylation sites (N-methyl/N-ethyl adjacent to an activating group) is 1. The Morgan fingerprint density at radius 1 is 1.19 bits per heavy atom. The Kier molecular flexibility index (Phi) is 5.52. The van der Waals surface area contributed by atoms with Gasteiger partial charge < -0.3 is 15.0 Å². The van der Waals surface area contributed by atoms with Gasteiger partial charge in [0, 0.05) is 24.4 Å². The van der Waals surface area contributed by atoms with Crippen molar-refractivity contribution in [3.8, 4) is 5.75 Å². The third-order valence-electron chi connectivity index (χ3n) is 4.55. The Morgan fingerprint density at radius 2 is 1.96 bits per heavy atom. The summed E-state index contributed by atoms with van der Waals surface area (Å²) in [6.07, 6.45) is 1.64. The molecule has 3 aromatic rings. The van der Waals surface area contributed by atoms with E-state index < -0.39 is 0 Å². The maximum absolute atomic E-state index is 11.3. The van der Waals surface area contributed by atoms with Crippen LogP contribution in [0, 0.1) is 10.1 Å². The number of nitrogens with zero attached hydrogens (tertiary/aromatic N) is 3. The van der Waals surface area contributed by atoms with Crippen molar-refractivity contribution in [2.24, 2.45) is 0 Å². The van der Waals surface area contributed by atoms with Gasteiger partial charge in [-0.05, 0) is 38.4 Å². The van der Waals surface area contributed by atoms with Crippen LogP contribution in [0.1, 0.15) is 11.6 Å². The molecule has 7 nitrogen and oxygen atoms in total. The lowest BCUT2D eigenvalue weighted by atomic mass is 10.0. The first-order valence-corrected chi connectivity index (χ1v) is 8.58. The average molecular weight is 366 g/mol. The summed E-state index contributed by atoms with van der Waals surface area (Å²) in [5.74, 6) is 0.824. The summed E-state index contributed by atoms with van der Waals surface area (Å²) in [5.41, 5.74) is 2.47. The van der Waals surface area contributed by atoms with Gasteiger partial charge in [-0.25, -0.2) is 0 Å². The molecule has 2 aromatic carbocycles. The molecule has 0 spiro atoms. The zero-order chi connectivity index (χ0) is 19.4. The molecule has 0 saturated carbocycles. The maximum atomic E-state index is 11.3. The minimum atomic E-state index is -0.384. The van der Waals surface area contributed by atoms with E-state index in [0.29, 0.717) is 17.4 Å². The van der Waals surface area contributed by atoms with Crippen LogP contribution in [-0.4, -0.2) is 42.6 Å². The number of aromatic nitrogens is 1. The van der Waals surface area contributed by atoms with E-state index in [2.05, 4.69) is 15.2 Å². The highest BCUT2D eigenvalue weighted by atomic mass is 16.6. The third-order valence-corrected chi connectivity index (χ3v) is 4.55. The summed E-state index contributed by atoms with van der Waals surface area (Å²) in [5, 5.41) is 15.2. The van der Waals surface area contributed by atoms with Crippen LogP contribution in [0.3, 0.4) is 0 Å². The smallest absolute Gasteiger partial charge is 0.278 e. The molecular weight excluding hydrogens is 344 g/mol. The molecule has 0 fully saturated rings. The van der Waals surface area contributed by atoms with E-state index in [9.17, 15) is 10.1 Å². The molecule has 0 amide bonds. The second-order valence-electron chi connectivity index (χ2n) is 6.39. The number of nitrogens with one attached hydrogen (secondary N) is 1. The number of benzene rings is 2. The molecule has 1 atom stereocenters. The number of methoxy groups -OCH3 is 1. The first-order valence-electron chi connectivity index (χ1n) is 8.58. The summed E-state index contributed by atoms with van der Waals surface area (Å²) in [6, 6.07) is 14.6. The Hall–Kier alpha value is -3.19.